The molecule has 6 aliphatic rings. The van der Waals surface area contributed by atoms with E-state index in [1.165, 1.54) is 0 Å². The molecule has 222 valence electrons. The number of ether oxygens (including phenoxy) is 1. The Kier molecular flexibility index (Phi) is 8.26. The van der Waals surface area contributed by atoms with E-state index in [9.17, 15) is 24.3 Å². The molecule has 6 fully saturated rings. The molecule has 8 rings (SSSR count). The number of aliphatic carboxylic acids is 1. The first kappa shape index (κ1) is 28.4. The number of carbonyl (C=O) groups excluding carboxylic acids is 3. The highest BCUT2D eigenvalue weighted by Gasteiger charge is 2.42. The third-order valence-corrected chi connectivity index (χ3v) is 9.89. The number of amides is 2. The van der Waals surface area contributed by atoms with Crippen molar-refractivity contribution in [1.82, 2.24) is 20.4 Å². The highest BCUT2D eigenvalue weighted by molar-refractivity contribution is 5.97. The van der Waals surface area contributed by atoms with Gasteiger partial charge in [-0.3, -0.25) is 14.4 Å². The molecule has 4 atom stereocenters. The van der Waals surface area contributed by atoms with E-state index in [1.807, 2.05) is 24.3 Å². The van der Waals surface area contributed by atoms with Gasteiger partial charge in [0.05, 0.1) is 0 Å². The van der Waals surface area contributed by atoms with Crippen LogP contribution in [-0.2, 0) is 14.3 Å². The number of fused-ring (bicyclic) bond motifs is 6. The largest absolute Gasteiger partial charge is 0.480 e. The second-order valence-corrected chi connectivity index (χ2v) is 12.2. The molecule has 42 heavy (non-hydrogen) atoms. The Morgan fingerprint density at radius 3 is 1.60 bits per heavy atom. The van der Waals surface area contributed by atoms with E-state index in [0.29, 0.717) is 36.0 Å². The van der Waals surface area contributed by atoms with Crippen LogP contribution < -0.4 is 10.6 Å². The Bertz CT molecular complexity index is 1300. The van der Waals surface area contributed by atoms with Gasteiger partial charge >= 0.3 is 5.97 Å². The lowest BCUT2D eigenvalue weighted by Crippen LogP contribution is -2.57. The maximum Gasteiger partial charge on any atom is 0.326 e. The standard InChI is InChI=1S/C32H38N4O6/c37-19-42-31(27-18-36-15-11-23(27)12-16-36)34-30(39)25-7-3-21(4-8-25)20-1-5-24(6-2-20)29(38)33-28(32(40)41)26-17-35-13-9-22(26)10-14-35/h1-8,19,22-23,26-28,31H,9-18H2,(H,33,38)(H,34,39)(H,40,41)/t26-,27-,28?,31?/m0/s1. The van der Waals surface area contributed by atoms with Crippen molar-refractivity contribution in [1.29, 1.82) is 0 Å². The minimum absolute atomic E-state index is 0.0815. The number of piperidine rings is 6. The summed E-state index contributed by atoms with van der Waals surface area (Å²) in [6.45, 7) is 6.05. The number of carboxylic acids is 1. The number of hydrogen-bond acceptors (Lipinski definition) is 7. The second-order valence-electron chi connectivity index (χ2n) is 12.2. The van der Waals surface area contributed by atoms with Gasteiger partial charge in [0.2, 0.25) is 0 Å². The van der Waals surface area contributed by atoms with Gasteiger partial charge in [-0.1, -0.05) is 24.3 Å². The Morgan fingerprint density at radius 2 is 1.19 bits per heavy atom. The van der Waals surface area contributed by atoms with Crippen molar-refractivity contribution < 1.29 is 29.0 Å². The third kappa shape index (κ3) is 5.91. The van der Waals surface area contributed by atoms with Crippen LogP contribution in [0.4, 0.5) is 0 Å². The minimum Gasteiger partial charge on any atom is -0.480 e. The highest BCUT2D eigenvalue weighted by Crippen LogP contribution is 2.35. The molecular weight excluding hydrogens is 536 g/mol. The molecule has 6 aliphatic heterocycles. The number of benzene rings is 2. The van der Waals surface area contributed by atoms with Crippen molar-refractivity contribution in [2.24, 2.45) is 23.7 Å². The molecule has 0 spiro atoms. The van der Waals surface area contributed by atoms with E-state index in [2.05, 4.69) is 20.4 Å². The van der Waals surface area contributed by atoms with Crippen LogP contribution in [0.1, 0.15) is 46.4 Å². The molecule has 2 unspecified atom stereocenters. The summed E-state index contributed by atoms with van der Waals surface area (Å²) < 4.78 is 5.33. The summed E-state index contributed by atoms with van der Waals surface area (Å²) in [6.07, 6.45) is 3.40. The first-order valence-corrected chi connectivity index (χ1v) is 15.0. The first-order valence-electron chi connectivity index (χ1n) is 15.0. The summed E-state index contributed by atoms with van der Waals surface area (Å²) in [4.78, 5) is 53.9. The predicted octanol–water partition coefficient (Wildman–Crippen LogP) is 2.45. The van der Waals surface area contributed by atoms with E-state index in [4.69, 9.17) is 4.74 Å². The average Bonchev–Trinajstić information content (AvgIpc) is 3.04. The van der Waals surface area contributed by atoms with Gasteiger partial charge in [0, 0.05) is 36.1 Å². The van der Waals surface area contributed by atoms with Gasteiger partial charge in [0.25, 0.3) is 18.3 Å². The molecule has 0 radical (unpaired) electrons. The lowest BCUT2D eigenvalue weighted by Gasteiger charge is -2.46. The van der Waals surface area contributed by atoms with Crippen LogP contribution in [0.25, 0.3) is 11.1 Å². The molecular formula is C32H38N4O6. The van der Waals surface area contributed by atoms with E-state index >= 15 is 0 Å². The molecule has 10 nitrogen and oxygen atoms in total. The zero-order valence-electron chi connectivity index (χ0n) is 23.6. The van der Waals surface area contributed by atoms with Gasteiger partial charge in [-0.2, -0.15) is 0 Å². The van der Waals surface area contributed by atoms with Gasteiger partial charge in [-0.25, -0.2) is 4.79 Å². The SMILES string of the molecule is O=COC(NC(=O)c1ccc(-c2ccc(C(=O)NC(C(=O)O)[C@H]3CN4CCC3CC4)cc2)cc1)[C@H]1CN2CCC1CC2. The molecule has 2 aromatic rings. The van der Waals surface area contributed by atoms with Crippen LogP contribution >= 0.6 is 0 Å². The van der Waals surface area contributed by atoms with E-state index in [1.54, 1.807) is 24.3 Å². The van der Waals surface area contributed by atoms with Gasteiger partial charge in [0.15, 0.2) is 6.23 Å². The third-order valence-electron chi connectivity index (χ3n) is 9.89. The zero-order chi connectivity index (χ0) is 29.2. The van der Waals surface area contributed by atoms with Crippen LogP contribution in [0.15, 0.2) is 48.5 Å². The number of nitrogens with one attached hydrogen (secondary N) is 2. The fraction of sp³-hybridized carbons (Fsp3) is 0.500. The molecule has 0 saturated carbocycles. The highest BCUT2D eigenvalue weighted by atomic mass is 16.5. The molecule has 2 amide bonds. The number of hydrogen-bond donors (Lipinski definition) is 3. The molecule has 10 heteroatoms. The van der Waals surface area contributed by atoms with Crippen LogP contribution in [0, 0.1) is 23.7 Å². The lowest BCUT2D eigenvalue weighted by atomic mass is 9.75. The molecule has 6 saturated heterocycles. The molecule has 0 aromatic heterocycles. The Hall–Kier alpha value is -3.76. The van der Waals surface area contributed by atoms with Gasteiger partial charge < -0.3 is 30.3 Å². The van der Waals surface area contributed by atoms with Crippen molar-refractivity contribution in [3.63, 3.8) is 0 Å². The number of rotatable bonds is 10. The first-order chi connectivity index (χ1) is 20.4. The fourth-order valence-corrected chi connectivity index (χ4v) is 7.46. The summed E-state index contributed by atoms with van der Waals surface area (Å²) >= 11 is 0. The van der Waals surface area contributed by atoms with Crippen molar-refractivity contribution in [2.45, 2.75) is 38.0 Å². The lowest BCUT2D eigenvalue weighted by molar-refractivity contribution is -0.143. The minimum atomic E-state index is -0.990. The maximum absolute atomic E-state index is 13.0. The topological polar surface area (TPSA) is 128 Å². The monoisotopic (exact) mass is 574 g/mol. The van der Waals surface area contributed by atoms with Crippen LogP contribution in [0.5, 0.6) is 0 Å². The second kappa shape index (κ2) is 12.2. The van der Waals surface area contributed by atoms with Crippen LogP contribution in [0.3, 0.4) is 0 Å². The molecule has 4 bridgehead atoms. The van der Waals surface area contributed by atoms with Crippen LogP contribution in [0.2, 0.25) is 0 Å². The summed E-state index contributed by atoms with van der Waals surface area (Å²) in [5, 5.41) is 15.6. The fourth-order valence-electron chi connectivity index (χ4n) is 7.46. The Morgan fingerprint density at radius 1 is 0.738 bits per heavy atom. The Labute approximate surface area is 245 Å². The smallest absolute Gasteiger partial charge is 0.326 e. The summed E-state index contributed by atoms with van der Waals surface area (Å²) in [6, 6.07) is 13.2. The zero-order valence-corrected chi connectivity index (χ0v) is 23.6. The average molecular weight is 575 g/mol. The molecule has 2 aromatic carbocycles. The number of carboxylic acid groups (broad SMARTS) is 1. The number of nitrogens with zero attached hydrogens (tertiary/aromatic N) is 2. The maximum atomic E-state index is 13.0. The molecule has 0 aliphatic carbocycles. The van der Waals surface area contributed by atoms with E-state index in [-0.39, 0.29) is 17.7 Å². The quantitative estimate of drug-likeness (QED) is 0.292. The van der Waals surface area contributed by atoms with Crippen molar-refractivity contribution >= 4 is 24.3 Å². The summed E-state index contributed by atoms with van der Waals surface area (Å²) in [5.74, 6) is -0.926. The van der Waals surface area contributed by atoms with E-state index in [0.717, 1.165) is 69.5 Å². The van der Waals surface area contributed by atoms with Crippen LogP contribution in [-0.4, -0.2) is 90.7 Å². The normalized spacial score (nSPS) is 29.2. The predicted molar refractivity (Wildman–Crippen MR) is 154 cm³/mol. The van der Waals surface area contributed by atoms with E-state index < -0.39 is 24.1 Å². The van der Waals surface area contributed by atoms with Crippen molar-refractivity contribution in [2.75, 3.05) is 39.3 Å². The van der Waals surface area contributed by atoms with Gasteiger partial charge in [-0.15, -0.1) is 0 Å². The summed E-state index contributed by atoms with van der Waals surface area (Å²) in [5.41, 5.74) is 2.59. The van der Waals surface area contributed by atoms with Gasteiger partial charge in [0.1, 0.15) is 6.04 Å². The van der Waals surface area contributed by atoms with Crippen molar-refractivity contribution in [3.8, 4) is 11.1 Å². The summed E-state index contributed by atoms with van der Waals surface area (Å²) in [7, 11) is 0. The molecule has 6 heterocycles. The molecule has 3 N–H and O–H groups in total. The van der Waals surface area contributed by atoms with Crippen molar-refractivity contribution in [3.05, 3.63) is 59.7 Å². The van der Waals surface area contributed by atoms with Gasteiger partial charge in [-0.05, 0) is 99.1 Å². The number of carbonyl (C=O) groups is 4. The Balaban J connectivity index is 1.08.